The van der Waals surface area contributed by atoms with E-state index in [0.29, 0.717) is 5.56 Å². The minimum absolute atomic E-state index is 0.0998. The smallest absolute Gasteiger partial charge is 0.282 e. The molecule has 0 heterocycles. The zero-order chi connectivity index (χ0) is 19.6. The summed E-state index contributed by atoms with van der Waals surface area (Å²) in [7, 11) is -4.41. The van der Waals surface area contributed by atoms with Crippen molar-refractivity contribution in [2.45, 2.75) is 4.90 Å². The highest BCUT2D eigenvalue weighted by molar-refractivity contribution is 7.86. The quantitative estimate of drug-likeness (QED) is 0.442. The van der Waals surface area contributed by atoms with E-state index in [1.54, 1.807) is 6.07 Å². The first-order valence-corrected chi connectivity index (χ1v) is 10.3. The Hall–Kier alpha value is -3.21. The molecule has 4 heteroatoms. The summed E-state index contributed by atoms with van der Waals surface area (Å²) in [5, 5.41) is 0. The van der Waals surface area contributed by atoms with Crippen molar-refractivity contribution in [1.82, 2.24) is 0 Å². The molecule has 0 spiro atoms. The standard InChI is InChI=1S/C24H18O3S/c25-28(26,27)22-17-16-21(18-10-4-1-5-11-18)23(19-12-6-2-7-13-19)24(22)20-14-8-3-9-15-20/h1-17H,(H,25,26,27). The summed E-state index contributed by atoms with van der Waals surface area (Å²) >= 11 is 0. The van der Waals surface area contributed by atoms with E-state index in [4.69, 9.17) is 0 Å². The lowest BCUT2D eigenvalue weighted by atomic mass is 9.87. The Morgan fingerprint density at radius 1 is 0.500 bits per heavy atom. The highest BCUT2D eigenvalue weighted by Gasteiger charge is 2.23. The average molecular weight is 386 g/mol. The van der Waals surface area contributed by atoms with E-state index in [2.05, 4.69) is 0 Å². The van der Waals surface area contributed by atoms with E-state index in [-0.39, 0.29) is 4.90 Å². The highest BCUT2D eigenvalue weighted by atomic mass is 32.2. The molecule has 0 aliphatic carbocycles. The van der Waals surface area contributed by atoms with E-state index < -0.39 is 10.1 Å². The molecule has 0 unspecified atom stereocenters. The first kappa shape index (κ1) is 18.2. The van der Waals surface area contributed by atoms with Gasteiger partial charge >= 0.3 is 0 Å². The van der Waals surface area contributed by atoms with Crippen molar-refractivity contribution in [1.29, 1.82) is 0 Å². The summed E-state index contributed by atoms with van der Waals surface area (Å²) in [6, 6.07) is 32.0. The van der Waals surface area contributed by atoms with Gasteiger partial charge in [-0.3, -0.25) is 4.55 Å². The van der Waals surface area contributed by atoms with Crippen LogP contribution in [-0.4, -0.2) is 13.0 Å². The van der Waals surface area contributed by atoms with Crippen molar-refractivity contribution in [3.63, 3.8) is 0 Å². The third-order valence-electron chi connectivity index (χ3n) is 4.65. The molecule has 28 heavy (non-hydrogen) atoms. The van der Waals surface area contributed by atoms with Crippen LogP contribution < -0.4 is 0 Å². The second-order valence-corrected chi connectivity index (χ2v) is 7.82. The Balaban J connectivity index is 2.17. The molecular formula is C24H18O3S. The largest absolute Gasteiger partial charge is 0.295 e. The van der Waals surface area contributed by atoms with Crippen molar-refractivity contribution in [3.8, 4) is 33.4 Å². The molecule has 0 aliphatic heterocycles. The summed E-state index contributed by atoms with van der Waals surface area (Å²) in [5.74, 6) is 0. The van der Waals surface area contributed by atoms with Gasteiger partial charge in [-0.05, 0) is 33.9 Å². The molecule has 138 valence electrons. The summed E-state index contributed by atoms with van der Waals surface area (Å²) < 4.78 is 34.4. The molecule has 3 nitrogen and oxygen atoms in total. The number of hydrogen-bond acceptors (Lipinski definition) is 2. The highest BCUT2D eigenvalue weighted by Crippen LogP contribution is 2.43. The van der Waals surface area contributed by atoms with Gasteiger partial charge in [0.2, 0.25) is 0 Å². The van der Waals surface area contributed by atoms with Crippen LogP contribution in [0.5, 0.6) is 0 Å². The molecule has 0 amide bonds. The Kier molecular flexibility index (Phi) is 4.82. The van der Waals surface area contributed by atoms with Crippen LogP contribution in [0.15, 0.2) is 108 Å². The molecule has 0 saturated carbocycles. The van der Waals surface area contributed by atoms with E-state index in [9.17, 15) is 13.0 Å². The predicted molar refractivity (Wildman–Crippen MR) is 113 cm³/mol. The lowest BCUT2D eigenvalue weighted by molar-refractivity contribution is 0.483. The number of hydrogen-bond donors (Lipinski definition) is 1. The monoisotopic (exact) mass is 386 g/mol. The minimum atomic E-state index is -4.41. The zero-order valence-electron chi connectivity index (χ0n) is 15.0. The third-order valence-corrected chi connectivity index (χ3v) is 5.55. The minimum Gasteiger partial charge on any atom is -0.282 e. The van der Waals surface area contributed by atoms with Crippen LogP contribution >= 0.6 is 0 Å². The summed E-state index contributed by atoms with van der Waals surface area (Å²) in [4.78, 5) is -0.0998. The maximum atomic E-state index is 12.2. The van der Waals surface area contributed by atoms with Crippen molar-refractivity contribution < 1.29 is 13.0 Å². The maximum absolute atomic E-state index is 12.2. The molecule has 0 aliphatic rings. The Morgan fingerprint density at radius 2 is 0.929 bits per heavy atom. The van der Waals surface area contributed by atoms with Gasteiger partial charge in [-0.1, -0.05) is 97.1 Å². The molecule has 0 radical (unpaired) electrons. The van der Waals surface area contributed by atoms with Gasteiger partial charge < -0.3 is 0 Å². The van der Waals surface area contributed by atoms with Crippen molar-refractivity contribution in [2.75, 3.05) is 0 Å². The molecule has 1 N–H and O–H groups in total. The van der Waals surface area contributed by atoms with Gasteiger partial charge in [-0.15, -0.1) is 0 Å². The molecule has 4 aromatic carbocycles. The first-order chi connectivity index (χ1) is 13.6. The second kappa shape index (κ2) is 7.43. The molecule has 0 saturated heterocycles. The predicted octanol–water partition coefficient (Wildman–Crippen LogP) is 5.93. The molecule has 0 aromatic heterocycles. The average Bonchev–Trinajstić information content (AvgIpc) is 2.74. The van der Waals surface area contributed by atoms with Gasteiger partial charge in [0.15, 0.2) is 0 Å². The van der Waals surface area contributed by atoms with Crippen LogP contribution in [0, 0.1) is 0 Å². The summed E-state index contributed by atoms with van der Waals surface area (Å²) in [6.07, 6.45) is 0. The van der Waals surface area contributed by atoms with Gasteiger partial charge in [0, 0.05) is 5.56 Å². The van der Waals surface area contributed by atoms with Crippen LogP contribution in [0.25, 0.3) is 33.4 Å². The molecule has 4 aromatic rings. The maximum Gasteiger partial charge on any atom is 0.295 e. The van der Waals surface area contributed by atoms with Crippen LogP contribution in [0.1, 0.15) is 0 Å². The molecule has 0 bridgehead atoms. The second-order valence-electron chi connectivity index (χ2n) is 6.43. The van der Waals surface area contributed by atoms with Gasteiger partial charge in [-0.25, -0.2) is 0 Å². The number of rotatable bonds is 4. The van der Waals surface area contributed by atoms with Gasteiger partial charge in [0.1, 0.15) is 4.90 Å². The van der Waals surface area contributed by atoms with E-state index in [0.717, 1.165) is 27.8 Å². The van der Waals surface area contributed by atoms with Crippen molar-refractivity contribution in [2.24, 2.45) is 0 Å². The van der Waals surface area contributed by atoms with Crippen LogP contribution in [0.2, 0.25) is 0 Å². The normalized spacial score (nSPS) is 11.3. The van der Waals surface area contributed by atoms with Crippen LogP contribution in [0.3, 0.4) is 0 Å². The van der Waals surface area contributed by atoms with Gasteiger partial charge in [0.25, 0.3) is 10.1 Å². The fourth-order valence-electron chi connectivity index (χ4n) is 3.45. The summed E-state index contributed by atoms with van der Waals surface area (Å²) in [5.41, 5.74) is 4.75. The van der Waals surface area contributed by atoms with E-state index >= 15 is 0 Å². The fraction of sp³-hybridized carbons (Fsp3) is 0. The van der Waals surface area contributed by atoms with Crippen molar-refractivity contribution in [3.05, 3.63) is 103 Å². The molecular weight excluding hydrogens is 368 g/mol. The Labute approximate surface area is 164 Å². The molecule has 0 fully saturated rings. The van der Waals surface area contributed by atoms with Crippen LogP contribution in [0.4, 0.5) is 0 Å². The van der Waals surface area contributed by atoms with Crippen LogP contribution in [-0.2, 0) is 10.1 Å². The molecule has 0 atom stereocenters. The lowest BCUT2D eigenvalue weighted by Gasteiger charge is -2.19. The fourth-order valence-corrected chi connectivity index (χ4v) is 4.17. The lowest BCUT2D eigenvalue weighted by Crippen LogP contribution is -2.03. The number of benzene rings is 4. The third kappa shape index (κ3) is 3.48. The topological polar surface area (TPSA) is 54.4 Å². The Morgan fingerprint density at radius 3 is 1.39 bits per heavy atom. The Bertz CT molecular complexity index is 1200. The van der Waals surface area contributed by atoms with Crippen molar-refractivity contribution >= 4 is 10.1 Å². The summed E-state index contributed by atoms with van der Waals surface area (Å²) in [6.45, 7) is 0. The zero-order valence-corrected chi connectivity index (χ0v) is 15.8. The van der Waals surface area contributed by atoms with Gasteiger partial charge in [-0.2, -0.15) is 8.42 Å². The molecule has 4 rings (SSSR count). The van der Waals surface area contributed by atoms with E-state index in [1.165, 1.54) is 6.07 Å². The van der Waals surface area contributed by atoms with Gasteiger partial charge in [0.05, 0.1) is 0 Å². The SMILES string of the molecule is O=S(=O)(O)c1ccc(-c2ccccc2)c(-c2ccccc2)c1-c1ccccc1. The van der Waals surface area contributed by atoms with E-state index in [1.807, 2.05) is 91.0 Å². The first-order valence-electron chi connectivity index (χ1n) is 8.86.